The summed E-state index contributed by atoms with van der Waals surface area (Å²) in [5.74, 6) is 0.349. The van der Waals surface area contributed by atoms with Crippen molar-refractivity contribution in [1.82, 2.24) is 0 Å². The van der Waals surface area contributed by atoms with E-state index in [1.807, 2.05) is 13.8 Å². The minimum Gasteiger partial charge on any atom is -0.463 e. The summed E-state index contributed by atoms with van der Waals surface area (Å²) in [5, 5.41) is 0. The molecule has 0 aromatic heterocycles. The molecule has 0 spiro atoms. The van der Waals surface area contributed by atoms with Gasteiger partial charge in [0.15, 0.2) is 0 Å². The standard InChI is InChI=1S/C13H24O2/c1-5-8-9-12(6-2)10-11(4)13(14)15-7-3/h10,12H,5-9H2,1-4H3/b11-10+. The molecule has 2 heteroatoms. The van der Waals surface area contributed by atoms with Crippen LogP contribution in [0.15, 0.2) is 11.6 Å². The summed E-state index contributed by atoms with van der Waals surface area (Å²) in [6, 6.07) is 0. The normalized spacial score (nSPS) is 13.7. The second kappa shape index (κ2) is 8.51. The number of hydrogen-bond donors (Lipinski definition) is 0. The number of hydrogen-bond acceptors (Lipinski definition) is 2. The van der Waals surface area contributed by atoms with Crippen molar-refractivity contribution in [2.24, 2.45) is 5.92 Å². The molecule has 0 saturated heterocycles. The first-order valence-corrected chi connectivity index (χ1v) is 6.01. The lowest BCUT2D eigenvalue weighted by Crippen LogP contribution is -2.07. The van der Waals surface area contributed by atoms with E-state index in [-0.39, 0.29) is 5.97 Å². The Hall–Kier alpha value is -0.790. The largest absolute Gasteiger partial charge is 0.463 e. The van der Waals surface area contributed by atoms with Gasteiger partial charge < -0.3 is 4.74 Å². The van der Waals surface area contributed by atoms with E-state index in [2.05, 4.69) is 19.9 Å². The molecule has 0 aromatic rings. The third-order valence-electron chi connectivity index (χ3n) is 2.54. The quantitative estimate of drug-likeness (QED) is 0.475. The van der Waals surface area contributed by atoms with E-state index in [1.54, 1.807) is 0 Å². The van der Waals surface area contributed by atoms with Crippen LogP contribution in [0.3, 0.4) is 0 Å². The van der Waals surface area contributed by atoms with E-state index in [4.69, 9.17) is 4.74 Å². The smallest absolute Gasteiger partial charge is 0.333 e. The summed E-state index contributed by atoms with van der Waals surface area (Å²) >= 11 is 0. The fourth-order valence-corrected chi connectivity index (χ4v) is 1.54. The molecule has 15 heavy (non-hydrogen) atoms. The van der Waals surface area contributed by atoms with Gasteiger partial charge in [0.2, 0.25) is 0 Å². The molecule has 1 unspecified atom stereocenters. The Morgan fingerprint density at radius 3 is 2.47 bits per heavy atom. The summed E-state index contributed by atoms with van der Waals surface area (Å²) in [7, 11) is 0. The lowest BCUT2D eigenvalue weighted by atomic mass is 9.97. The summed E-state index contributed by atoms with van der Waals surface area (Å²) < 4.78 is 4.95. The predicted molar refractivity (Wildman–Crippen MR) is 63.7 cm³/mol. The number of ether oxygens (including phenoxy) is 1. The van der Waals surface area contributed by atoms with Crippen LogP contribution in [0.25, 0.3) is 0 Å². The van der Waals surface area contributed by atoms with Gasteiger partial charge in [-0.2, -0.15) is 0 Å². The third-order valence-corrected chi connectivity index (χ3v) is 2.54. The Balaban J connectivity index is 4.20. The highest BCUT2D eigenvalue weighted by molar-refractivity contribution is 5.87. The number of allylic oxidation sites excluding steroid dienone is 1. The Morgan fingerprint density at radius 2 is 2.00 bits per heavy atom. The summed E-state index contributed by atoms with van der Waals surface area (Å²) in [4.78, 5) is 11.4. The summed E-state index contributed by atoms with van der Waals surface area (Å²) in [6.45, 7) is 8.48. The van der Waals surface area contributed by atoms with E-state index in [1.165, 1.54) is 19.3 Å². The minimum atomic E-state index is -0.174. The monoisotopic (exact) mass is 212 g/mol. The minimum absolute atomic E-state index is 0.174. The van der Waals surface area contributed by atoms with Crippen LogP contribution in [0.1, 0.15) is 53.4 Å². The van der Waals surface area contributed by atoms with E-state index in [0.29, 0.717) is 12.5 Å². The molecule has 88 valence electrons. The summed E-state index contributed by atoms with van der Waals surface area (Å²) in [6.07, 6.45) is 6.77. The van der Waals surface area contributed by atoms with Crippen LogP contribution in [-0.2, 0) is 9.53 Å². The van der Waals surface area contributed by atoms with E-state index < -0.39 is 0 Å². The number of esters is 1. The highest BCUT2D eigenvalue weighted by Gasteiger charge is 2.08. The van der Waals surface area contributed by atoms with Gasteiger partial charge in [-0.05, 0) is 32.6 Å². The van der Waals surface area contributed by atoms with Crippen molar-refractivity contribution >= 4 is 5.97 Å². The molecule has 0 aliphatic rings. The molecule has 0 amide bonds. The number of rotatable bonds is 7. The first kappa shape index (κ1) is 14.2. The van der Waals surface area contributed by atoms with Crippen molar-refractivity contribution < 1.29 is 9.53 Å². The van der Waals surface area contributed by atoms with Crippen molar-refractivity contribution in [2.75, 3.05) is 6.61 Å². The van der Waals surface area contributed by atoms with Gasteiger partial charge in [-0.3, -0.25) is 0 Å². The zero-order chi connectivity index (χ0) is 11.7. The molecule has 0 saturated carbocycles. The van der Waals surface area contributed by atoms with Crippen molar-refractivity contribution in [3.05, 3.63) is 11.6 Å². The molecular formula is C13H24O2. The highest BCUT2D eigenvalue weighted by atomic mass is 16.5. The fraction of sp³-hybridized carbons (Fsp3) is 0.769. The van der Waals surface area contributed by atoms with Crippen molar-refractivity contribution in [2.45, 2.75) is 53.4 Å². The molecule has 1 atom stereocenters. The second-order valence-electron chi connectivity index (χ2n) is 3.88. The molecular weight excluding hydrogens is 188 g/mol. The SMILES string of the molecule is CCCCC(/C=C(\C)C(=O)OCC)CC. The van der Waals surface area contributed by atoms with Crippen LogP contribution in [0.2, 0.25) is 0 Å². The first-order valence-electron chi connectivity index (χ1n) is 6.01. The lowest BCUT2D eigenvalue weighted by Gasteiger charge is -2.10. The maximum Gasteiger partial charge on any atom is 0.333 e. The predicted octanol–water partition coefficient (Wildman–Crippen LogP) is 3.71. The van der Waals surface area contributed by atoms with Gasteiger partial charge in [0, 0.05) is 5.57 Å². The van der Waals surface area contributed by atoms with Gasteiger partial charge in [0.25, 0.3) is 0 Å². The number of carbonyl (C=O) groups excluding carboxylic acids is 1. The van der Waals surface area contributed by atoms with Crippen molar-refractivity contribution in [1.29, 1.82) is 0 Å². The van der Waals surface area contributed by atoms with Crippen LogP contribution < -0.4 is 0 Å². The molecule has 0 aliphatic carbocycles. The van der Waals surface area contributed by atoms with Gasteiger partial charge >= 0.3 is 5.97 Å². The van der Waals surface area contributed by atoms with Crippen LogP contribution in [0.5, 0.6) is 0 Å². The van der Waals surface area contributed by atoms with E-state index in [9.17, 15) is 4.79 Å². The molecule has 0 aliphatic heterocycles. The molecule has 0 N–H and O–H groups in total. The topological polar surface area (TPSA) is 26.3 Å². The molecule has 2 nitrogen and oxygen atoms in total. The van der Waals surface area contributed by atoms with Crippen LogP contribution in [0, 0.1) is 5.92 Å². The second-order valence-corrected chi connectivity index (χ2v) is 3.88. The maximum absolute atomic E-state index is 11.4. The summed E-state index contributed by atoms with van der Waals surface area (Å²) in [5.41, 5.74) is 0.750. The number of carbonyl (C=O) groups is 1. The van der Waals surface area contributed by atoms with Gasteiger partial charge in [-0.15, -0.1) is 0 Å². The first-order chi connectivity index (χ1) is 7.15. The van der Waals surface area contributed by atoms with Crippen molar-refractivity contribution in [3.63, 3.8) is 0 Å². The molecule has 0 fully saturated rings. The van der Waals surface area contributed by atoms with Gasteiger partial charge in [0.1, 0.15) is 0 Å². The van der Waals surface area contributed by atoms with Gasteiger partial charge in [0.05, 0.1) is 6.61 Å². The average molecular weight is 212 g/mol. The zero-order valence-corrected chi connectivity index (χ0v) is 10.5. The van der Waals surface area contributed by atoms with E-state index >= 15 is 0 Å². The molecule has 0 bridgehead atoms. The van der Waals surface area contributed by atoms with E-state index in [0.717, 1.165) is 12.0 Å². The lowest BCUT2D eigenvalue weighted by molar-refractivity contribution is -0.138. The highest BCUT2D eigenvalue weighted by Crippen LogP contribution is 2.16. The fourth-order valence-electron chi connectivity index (χ4n) is 1.54. The van der Waals surface area contributed by atoms with Crippen LogP contribution in [0.4, 0.5) is 0 Å². The Labute approximate surface area is 93.7 Å². The Morgan fingerprint density at radius 1 is 1.33 bits per heavy atom. The van der Waals surface area contributed by atoms with Crippen LogP contribution >= 0.6 is 0 Å². The average Bonchev–Trinajstić information content (AvgIpc) is 2.24. The maximum atomic E-state index is 11.4. The van der Waals surface area contributed by atoms with Gasteiger partial charge in [-0.25, -0.2) is 4.79 Å². The Bertz CT molecular complexity index is 207. The van der Waals surface area contributed by atoms with Gasteiger partial charge in [-0.1, -0.05) is 32.8 Å². The Kier molecular flexibility index (Phi) is 8.06. The number of unbranched alkanes of at least 4 members (excludes halogenated alkanes) is 1. The zero-order valence-electron chi connectivity index (χ0n) is 10.5. The van der Waals surface area contributed by atoms with Crippen molar-refractivity contribution in [3.8, 4) is 0 Å². The molecule has 0 rings (SSSR count). The molecule has 0 radical (unpaired) electrons. The molecule has 0 aromatic carbocycles. The van der Waals surface area contributed by atoms with Crippen LogP contribution in [-0.4, -0.2) is 12.6 Å². The third kappa shape index (κ3) is 6.32. The molecule has 0 heterocycles.